The lowest BCUT2D eigenvalue weighted by atomic mass is 9.81. The predicted molar refractivity (Wildman–Crippen MR) is 599 cm³/mol. The van der Waals surface area contributed by atoms with Gasteiger partial charge in [0.25, 0.3) is 0 Å². The molecule has 7 heterocycles. The minimum absolute atomic E-state index is 0.690. The van der Waals surface area contributed by atoms with Crippen LogP contribution in [0.25, 0.3) is 264 Å². The molecule has 7 heteroatoms. The fraction of sp³-hybridized carbons (Fsp3) is 0.0515. The van der Waals surface area contributed by atoms with E-state index in [0.29, 0.717) is 5.92 Å². The summed E-state index contributed by atoms with van der Waals surface area (Å²) in [4.78, 5) is 31.5. The highest BCUT2D eigenvalue weighted by atomic mass is 14.7. The van der Waals surface area contributed by atoms with Crippen LogP contribution in [0.1, 0.15) is 49.1 Å². The first-order valence-corrected chi connectivity index (χ1v) is 49.5. The van der Waals surface area contributed by atoms with Crippen LogP contribution >= 0.6 is 0 Å². The Morgan fingerprint density at radius 2 is 0.476 bits per heavy atom. The van der Waals surface area contributed by atoms with E-state index < -0.39 is 0 Å². The van der Waals surface area contributed by atoms with Crippen molar-refractivity contribution in [3.05, 3.63) is 492 Å². The summed E-state index contributed by atoms with van der Waals surface area (Å²) in [5.41, 5.74) is 36.3. The van der Waals surface area contributed by atoms with Crippen molar-refractivity contribution in [2.24, 2.45) is 0 Å². The second-order valence-corrected chi connectivity index (χ2v) is 38.1. The first kappa shape index (κ1) is 85.3. The number of aromatic nitrogens is 7. The van der Waals surface area contributed by atoms with Crippen LogP contribution in [0.4, 0.5) is 0 Å². The van der Waals surface area contributed by atoms with Crippen molar-refractivity contribution >= 4 is 108 Å². The Morgan fingerprint density at radius 3 is 0.825 bits per heavy atom. The second-order valence-electron chi connectivity index (χ2n) is 38.1. The van der Waals surface area contributed by atoms with Gasteiger partial charge in [0.1, 0.15) is 0 Å². The van der Waals surface area contributed by atoms with E-state index in [9.17, 15) is 0 Å². The number of pyridine rings is 7. The summed E-state index contributed by atoms with van der Waals surface area (Å²) < 4.78 is 0. The van der Waals surface area contributed by atoms with Gasteiger partial charge in [-0.25, -0.2) is 0 Å². The Kier molecular flexibility index (Phi) is 21.8. The monoisotopic (exact) mass is 1820 g/mol. The Labute approximate surface area is 829 Å². The van der Waals surface area contributed by atoms with Gasteiger partial charge >= 0.3 is 0 Å². The number of hydrogen-bond donors (Lipinski definition) is 0. The molecule has 1 saturated carbocycles. The number of fused-ring (bicyclic) bond motifs is 1. The second kappa shape index (κ2) is 36.6. The quantitative estimate of drug-likeness (QED) is 0.0945. The molecule has 143 heavy (non-hydrogen) atoms. The van der Waals surface area contributed by atoms with Gasteiger partial charge in [-0.15, -0.1) is 0 Å². The molecule has 0 radical (unpaired) electrons. The summed E-state index contributed by atoms with van der Waals surface area (Å²) in [6.07, 6.45) is 25.6. The van der Waals surface area contributed by atoms with Crippen LogP contribution in [-0.2, 0) is 0 Å². The number of benzene rings is 20. The molecule has 1 aliphatic carbocycles. The van der Waals surface area contributed by atoms with Crippen LogP contribution in [0, 0.1) is 6.92 Å². The van der Waals surface area contributed by atoms with Gasteiger partial charge in [-0.1, -0.05) is 334 Å². The van der Waals surface area contributed by atoms with Crippen LogP contribution in [0.3, 0.4) is 0 Å². The summed E-state index contributed by atoms with van der Waals surface area (Å²) in [6.45, 7) is 2.15. The molecule has 0 N–H and O–H groups in total. The van der Waals surface area contributed by atoms with Gasteiger partial charge in [-0.05, 0) is 349 Å². The standard InChI is InChI=1S/C49H31N3.C49H32N2.C38H30N2/c1-4-26-50-45(7-1)35-16-10-32(11-17-35)40-29-38-22-24-41-43(33-12-18-36(19-13-33)46-8-2-5-27-51-46)31-44(42-25-23-39(30-40)48(38)49(41)42)34-14-20-37(21-15-34)47-9-3-6-28-52-47;1-31-8-10-35(11-9-31)45-28-46(36-18-16-33(17-19-36)32-12-14-34(15-13-32)40-6-4-24-50-29-40)44-23-21-39-27-41(26-38-20-22-43(45)49(44)48(38)39)42-25-37-5-2-3-7-47(37)51-30-42;1-2-6-25(7-3-1)32-20-28-14-16-33-35(27-12-10-26(11-13-27)30-8-4-18-39-23-30)22-36(31-9-5-19-40-24-31)34-17-15-29(21-32)37(28)38(33)34/h1-31H;2-30H,1H3;4-5,8-25H,1-3,6-7H2. The van der Waals surface area contributed by atoms with Gasteiger partial charge in [0, 0.05) is 95.2 Å². The molecule has 1 fully saturated rings. The van der Waals surface area contributed by atoms with E-state index >= 15 is 0 Å². The maximum atomic E-state index is 4.77. The minimum atomic E-state index is 0.690. The number of para-hydroxylation sites is 1. The molecule has 672 valence electrons. The molecule has 20 aromatic carbocycles. The minimum Gasteiger partial charge on any atom is -0.264 e. The first-order chi connectivity index (χ1) is 70.8. The molecule has 0 bridgehead atoms. The van der Waals surface area contributed by atoms with Crippen molar-refractivity contribution in [1.29, 1.82) is 0 Å². The van der Waals surface area contributed by atoms with Crippen LogP contribution in [0.2, 0.25) is 0 Å². The molecule has 27 aromatic rings. The molecule has 0 aliphatic heterocycles. The van der Waals surface area contributed by atoms with Crippen molar-refractivity contribution in [1.82, 2.24) is 34.9 Å². The summed E-state index contributed by atoms with van der Waals surface area (Å²) in [5, 5.41) is 24.4. The van der Waals surface area contributed by atoms with Crippen LogP contribution in [-0.4, -0.2) is 34.9 Å². The molecule has 7 aromatic heterocycles. The van der Waals surface area contributed by atoms with Crippen molar-refractivity contribution < 1.29 is 0 Å². The van der Waals surface area contributed by atoms with Gasteiger partial charge in [0.05, 0.1) is 22.6 Å². The lowest BCUT2D eigenvalue weighted by Gasteiger charge is -2.24. The van der Waals surface area contributed by atoms with Gasteiger partial charge in [-0.3, -0.25) is 34.9 Å². The van der Waals surface area contributed by atoms with Gasteiger partial charge in [0.2, 0.25) is 0 Å². The molecule has 0 unspecified atom stereocenters. The van der Waals surface area contributed by atoms with Crippen LogP contribution in [0.15, 0.2) is 481 Å². The number of nitrogens with zero attached hydrogens (tertiary/aromatic N) is 7. The highest BCUT2D eigenvalue weighted by molar-refractivity contribution is 6.32. The van der Waals surface area contributed by atoms with E-state index in [4.69, 9.17) is 4.98 Å². The predicted octanol–water partition coefficient (Wildman–Crippen LogP) is 36.4. The van der Waals surface area contributed by atoms with E-state index in [0.717, 1.165) is 66.9 Å². The maximum absolute atomic E-state index is 4.77. The lowest BCUT2D eigenvalue weighted by Crippen LogP contribution is -2.04. The molecule has 0 saturated heterocycles. The van der Waals surface area contributed by atoms with E-state index in [1.54, 1.807) is 0 Å². The summed E-state index contributed by atoms with van der Waals surface area (Å²) >= 11 is 0. The van der Waals surface area contributed by atoms with Crippen molar-refractivity contribution in [3.8, 4) is 156 Å². The molecule has 7 nitrogen and oxygen atoms in total. The maximum Gasteiger partial charge on any atom is 0.0702 e. The molecule has 0 spiro atoms. The third-order valence-corrected chi connectivity index (χ3v) is 29.6. The van der Waals surface area contributed by atoms with Crippen molar-refractivity contribution in [3.63, 3.8) is 0 Å². The zero-order valence-electron chi connectivity index (χ0n) is 78.9. The fourth-order valence-corrected chi connectivity index (χ4v) is 22.4. The van der Waals surface area contributed by atoms with E-state index in [1.165, 1.54) is 240 Å². The highest BCUT2D eigenvalue weighted by Gasteiger charge is 2.26. The fourth-order valence-electron chi connectivity index (χ4n) is 22.4. The average molecular weight is 1830 g/mol. The summed E-state index contributed by atoms with van der Waals surface area (Å²) in [5.74, 6) is 0.690. The lowest BCUT2D eigenvalue weighted by molar-refractivity contribution is 0.444. The Hall–Kier alpha value is -18.2. The van der Waals surface area contributed by atoms with E-state index in [2.05, 4.69) is 395 Å². The third-order valence-electron chi connectivity index (χ3n) is 29.6. The number of aryl methyl sites for hydroxylation is 1. The van der Waals surface area contributed by atoms with E-state index in [1.807, 2.05) is 123 Å². The Bertz CT molecular complexity index is 9190. The van der Waals surface area contributed by atoms with Gasteiger partial charge in [0.15, 0.2) is 0 Å². The molecule has 0 amide bonds. The summed E-state index contributed by atoms with van der Waals surface area (Å²) in [7, 11) is 0. The topological polar surface area (TPSA) is 90.2 Å². The van der Waals surface area contributed by atoms with Crippen LogP contribution in [0.5, 0.6) is 0 Å². The summed E-state index contributed by atoms with van der Waals surface area (Å²) in [6, 6.07) is 152. The van der Waals surface area contributed by atoms with Crippen LogP contribution < -0.4 is 0 Å². The van der Waals surface area contributed by atoms with E-state index in [-0.39, 0.29) is 0 Å². The normalized spacial score (nSPS) is 12.3. The zero-order valence-corrected chi connectivity index (χ0v) is 78.9. The van der Waals surface area contributed by atoms with Gasteiger partial charge in [-0.2, -0.15) is 0 Å². The number of hydrogen-bond acceptors (Lipinski definition) is 7. The molecule has 0 atom stereocenters. The number of rotatable bonds is 15. The van der Waals surface area contributed by atoms with Crippen molar-refractivity contribution in [2.75, 3.05) is 0 Å². The third kappa shape index (κ3) is 16.1. The average Bonchev–Trinajstić information content (AvgIpc) is 0.723. The SMILES string of the molecule is Cc1ccc(-c2cc(-c3ccc(-c4ccc(-c5cccnc5)cc4)cc3)c3ccc4cc(-c5cnc6ccccc6c5)cc5ccc2c3c54)cc1.c1ccc(-c2ccc(-c3cc4ccc5c(-c6ccc(-c7ccccn7)cc6)cc(-c6ccc(-c7ccccn7)cc6)c6ccc(c3)c4c56)cc2)nc1.c1cncc(-c2ccc(-c3cc(-c4cccnc4)c4ccc5cc(C6CCCCC6)cc6ccc3c4c65)cc2)c1. The molecular weight excluding hydrogens is 1730 g/mol. The zero-order chi connectivity index (χ0) is 94.8. The Balaban J connectivity index is 0.000000111. The Morgan fingerprint density at radius 1 is 0.182 bits per heavy atom. The van der Waals surface area contributed by atoms with Crippen molar-refractivity contribution in [2.45, 2.75) is 44.9 Å². The molecular formula is C136H93N7. The highest BCUT2D eigenvalue weighted by Crippen LogP contribution is 2.51. The largest absolute Gasteiger partial charge is 0.264 e. The first-order valence-electron chi connectivity index (χ1n) is 49.5. The molecule has 1 aliphatic rings. The van der Waals surface area contributed by atoms with Gasteiger partial charge < -0.3 is 0 Å². The molecule has 28 rings (SSSR count). The smallest absolute Gasteiger partial charge is 0.0702 e.